The second-order valence-electron chi connectivity index (χ2n) is 2.49. The highest BCUT2D eigenvalue weighted by Crippen LogP contribution is 2.03. The number of aliphatic hydroxyl groups is 1. The van der Waals surface area contributed by atoms with Crippen LogP contribution in [0.3, 0.4) is 0 Å². The number of carbonyl (C=O) groups excluding carboxylic acids is 2. The Bertz CT molecular complexity index is 144. The molecule has 0 saturated carbocycles. The molecule has 1 unspecified atom stereocenters. The summed E-state index contributed by atoms with van der Waals surface area (Å²) >= 11 is 0. The van der Waals surface area contributed by atoms with Crippen molar-refractivity contribution in [3.05, 3.63) is 0 Å². The first-order valence-corrected chi connectivity index (χ1v) is 3.92. The van der Waals surface area contributed by atoms with Crippen molar-refractivity contribution in [2.75, 3.05) is 7.11 Å². The van der Waals surface area contributed by atoms with Gasteiger partial charge in [0, 0.05) is 6.42 Å². The Morgan fingerprint density at radius 1 is 1.58 bits per heavy atom. The standard InChI is InChI=1S/C8H14O4/c1-12-8(11)7(10)5-3-2-4-6-9/h6-7,10H,2-5H2,1H3. The summed E-state index contributed by atoms with van der Waals surface area (Å²) < 4.78 is 4.31. The van der Waals surface area contributed by atoms with E-state index in [1.54, 1.807) is 0 Å². The van der Waals surface area contributed by atoms with Crippen LogP contribution < -0.4 is 0 Å². The Labute approximate surface area is 71.5 Å². The zero-order valence-electron chi connectivity index (χ0n) is 7.16. The van der Waals surface area contributed by atoms with Crippen LogP contribution in [0.25, 0.3) is 0 Å². The molecule has 4 nitrogen and oxygen atoms in total. The summed E-state index contributed by atoms with van der Waals surface area (Å²) in [6.07, 6.45) is 1.99. The Kier molecular flexibility index (Phi) is 6.28. The number of aldehydes is 1. The fourth-order valence-electron chi connectivity index (χ4n) is 0.819. The summed E-state index contributed by atoms with van der Waals surface area (Å²) in [6, 6.07) is 0. The molecule has 0 aliphatic carbocycles. The monoisotopic (exact) mass is 174 g/mol. The van der Waals surface area contributed by atoms with E-state index in [2.05, 4.69) is 4.74 Å². The maximum absolute atomic E-state index is 10.6. The van der Waals surface area contributed by atoms with Crippen molar-refractivity contribution < 1.29 is 19.4 Å². The number of carbonyl (C=O) groups is 2. The van der Waals surface area contributed by atoms with Gasteiger partial charge in [-0.1, -0.05) is 0 Å². The molecule has 0 aromatic rings. The fourth-order valence-corrected chi connectivity index (χ4v) is 0.819. The molecule has 1 N–H and O–H groups in total. The highest BCUT2D eigenvalue weighted by atomic mass is 16.5. The smallest absolute Gasteiger partial charge is 0.334 e. The number of esters is 1. The van der Waals surface area contributed by atoms with Crippen molar-refractivity contribution in [2.45, 2.75) is 31.8 Å². The molecule has 0 aromatic heterocycles. The summed E-state index contributed by atoms with van der Waals surface area (Å²) in [5.41, 5.74) is 0. The lowest BCUT2D eigenvalue weighted by Crippen LogP contribution is -2.21. The van der Waals surface area contributed by atoms with Crippen LogP contribution >= 0.6 is 0 Å². The van der Waals surface area contributed by atoms with E-state index in [0.29, 0.717) is 25.7 Å². The molecule has 12 heavy (non-hydrogen) atoms. The van der Waals surface area contributed by atoms with Gasteiger partial charge in [0.05, 0.1) is 7.11 Å². The predicted molar refractivity (Wildman–Crippen MR) is 42.6 cm³/mol. The highest BCUT2D eigenvalue weighted by molar-refractivity contribution is 5.74. The van der Waals surface area contributed by atoms with E-state index in [4.69, 9.17) is 5.11 Å². The molecule has 0 bridgehead atoms. The van der Waals surface area contributed by atoms with Crippen molar-refractivity contribution in [3.8, 4) is 0 Å². The second-order valence-corrected chi connectivity index (χ2v) is 2.49. The summed E-state index contributed by atoms with van der Waals surface area (Å²) in [5, 5.41) is 9.05. The molecule has 0 aliphatic rings. The van der Waals surface area contributed by atoms with Gasteiger partial charge in [-0.25, -0.2) is 4.79 Å². The molecule has 0 fully saturated rings. The minimum absolute atomic E-state index is 0.362. The van der Waals surface area contributed by atoms with Crippen LogP contribution in [0.5, 0.6) is 0 Å². The van der Waals surface area contributed by atoms with Gasteiger partial charge in [-0.15, -0.1) is 0 Å². The van der Waals surface area contributed by atoms with Gasteiger partial charge in [-0.05, 0) is 19.3 Å². The van der Waals surface area contributed by atoms with Gasteiger partial charge in [-0.2, -0.15) is 0 Å². The van der Waals surface area contributed by atoms with E-state index < -0.39 is 12.1 Å². The maximum Gasteiger partial charge on any atom is 0.334 e. The van der Waals surface area contributed by atoms with Crippen molar-refractivity contribution >= 4 is 12.3 Å². The van der Waals surface area contributed by atoms with Crippen molar-refractivity contribution in [3.63, 3.8) is 0 Å². The first kappa shape index (κ1) is 11.1. The number of unbranched alkanes of at least 4 members (excludes halogenated alkanes) is 2. The number of ether oxygens (including phenoxy) is 1. The molecule has 0 spiro atoms. The van der Waals surface area contributed by atoms with E-state index in [9.17, 15) is 9.59 Å². The number of methoxy groups -OCH3 is 1. The van der Waals surface area contributed by atoms with Crippen LogP contribution in [0.2, 0.25) is 0 Å². The largest absolute Gasteiger partial charge is 0.467 e. The molecular weight excluding hydrogens is 160 g/mol. The molecule has 4 heteroatoms. The number of rotatable bonds is 6. The molecule has 0 aromatic carbocycles. The van der Waals surface area contributed by atoms with Gasteiger partial charge in [0.1, 0.15) is 6.29 Å². The van der Waals surface area contributed by atoms with Crippen LogP contribution in [0.15, 0.2) is 0 Å². The summed E-state index contributed by atoms with van der Waals surface area (Å²) in [6.45, 7) is 0. The SMILES string of the molecule is COC(=O)C(O)CCCCC=O. The Morgan fingerprint density at radius 2 is 2.25 bits per heavy atom. The maximum atomic E-state index is 10.6. The number of aliphatic hydroxyl groups excluding tert-OH is 1. The third kappa shape index (κ3) is 4.85. The van der Waals surface area contributed by atoms with E-state index in [1.807, 2.05) is 0 Å². The average Bonchev–Trinajstić information content (AvgIpc) is 2.10. The molecular formula is C8H14O4. The normalized spacial score (nSPS) is 12.2. The lowest BCUT2D eigenvalue weighted by atomic mass is 10.1. The molecule has 0 aliphatic heterocycles. The summed E-state index contributed by atoms with van der Waals surface area (Å²) in [7, 11) is 1.23. The van der Waals surface area contributed by atoms with Gasteiger partial charge in [-0.3, -0.25) is 0 Å². The summed E-state index contributed by atoms with van der Waals surface area (Å²) in [4.78, 5) is 20.5. The summed E-state index contributed by atoms with van der Waals surface area (Å²) in [5.74, 6) is -0.610. The number of hydrogen-bond donors (Lipinski definition) is 1. The van der Waals surface area contributed by atoms with E-state index in [1.165, 1.54) is 7.11 Å². The van der Waals surface area contributed by atoms with Crippen LogP contribution in [-0.2, 0) is 14.3 Å². The molecule has 0 amide bonds. The van der Waals surface area contributed by atoms with E-state index in [0.717, 1.165) is 6.29 Å². The molecule has 0 rings (SSSR count). The molecule has 0 radical (unpaired) electrons. The quantitative estimate of drug-likeness (QED) is 0.357. The minimum Gasteiger partial charge on any atom is -0.467 e. The Morgan fingerprint density at radius 3 is 2.75 bits per heavy atom. The van der Waals surface area contributed by atoms with Gasteiger partial charge >= 0.3 is 5.97 Å². The topological polar surface area (TPSA) is 63.6 Å². The first-order valence-electron chi connectivity index (χ1n) is 3.92. The van der Waals surface area contributed by atoms with Crippen LogP contribution in [0.1, 0.15) is 25.7 Å². The lowest BCUT2D eigenvalue weighted by molar-refractivity contribution is -0.150. The molecule has 0 heterocycles. The van der Waals surface area contributed by atoms with Crippen molar-refractivity contribution in [1.29, 1.82) is 0 Å². The third-order valence-corrected chi connectivity index (χ3v) is 1.52. The zero-order valence-corrected chi connectivity index (χ0v) is 7.16. The first-order chi connectivity index (χ1) is 5.72. The van der Waals surface area contributed by atoms with Gasteiger partial charge in [0.2, 0.25) is 0 Å². The predicted octanol–water partition coefficient (Wildman–Crippen LogP) is 0.280. The van der Waals surface area contributed by atoms with Crippen LogP contribution in [0, 0.1) is 0 Å². The van der Waals surface area contributed by atoms with Crippen LogP contribution in [-0.4, -0.2) is 30.6 Å². The van der Waals surface area contributed by atoms with Crippen LogP contribution in [0.4, 0.5) is 0 Å². The lowest BCUT2D eigenvalue weighted by Gasteiger charge is -2.06. The Balaban J connectivity index is 3.36. The fraction of sp³-hybridized carbons (Fsp3) is 0.750. The van der Waals surface area contributed by atoms with E-state index >= 15 is 0 Å². The molecule has 70 valence electrons. The molecule has 0 saturated heterocycles. The highest BCUT2D eigenvalue weighted by Gasteiger charge is 2.13. The van der Waals surface area contributed by atoms with Gasteiger partial charge < -0.3 is 14.6 Å². The third-order valence-electron chi connectivity index (χ3n) is 1.52. The minimum atomic E-state index is -1.04. The van der Waals surface area contributed by atoms with E-state index in [-0.39, 0.29) is 0 Å². The molecule has 1 atom stereocenters. The zero-order chi connectivity index (χ0) is 9.40. The average molecular weight is 174 g/mol. The second kappa shape index (κ2) is 6.79. The van der Waals surface area contributed by atoms with Gasteiger partial charge in [0.25, 0.3) is 0 Å². The van der Waals surface area contributed by atoms with Crippen molar-refractivity contribution in [2.24, 2.45) is 0 Å². The van der Waals surface area contributed by atoms with Crippen molar-refractivity contribution in [1.82, 2.24) is 0 Å². The Hall–Kier alpha value is -0.900. The van der Waals surface area contributed by atoms with Gasteiger partial charge in [0.15, 0.2) is 6.10 Å². The number of hydrogen-bond acceptors (Lipinski definition) is 4.